The number of carbonyl (C=O) groups excluding carboxylic acids is 1. The van der Waals surface area contributed by atoms with Crippen LogP contribution >= 0.6 is 0 Å². The molecule has 7 nitrogen and oxygen atoms in total. The van der Waals surface area contributed by atoms with E-state index in [0.29, 0.717) is 0 Å². The number of aliphatic carboxylic acids is 1. The lowest BCUT2D eigenvalue weighted by atomic mass is 9.91. The molecule has 35 heavy (non-hydrogen) atoms. The van der Waals surface area contributed by atoms with E-state index in [0.717, 1.165) is 22.5 Å². The van der Waals surface area contributed by atoms with Gasteiger partial charge in [-0.05, 0) is 77.7 Å². The minimum Gasteiger partial charge on any atom is -0.480 e. The summed E-state index contributed by atoms with van der Waals surface area (Å²) in [5.41, 5.74) is 0.352. The molecule has 0 bridgehead atoms. The zero-order chi connectivity index (χ0) is 25.7. The molecule has 2 aliphatic carbocycles. The summed E-state index contributed by atoms with van der Waals surface area (Å²) in [6.45, 7) is 5.45. The van der Waals surface area contributed by atoms with Gasteiger partial charge in [-0.25, -0.2) is 9.59 Å². The van der Waals surface area contributed by atoms with Crippen molar-refractivity contribution in [2.45, 2.75) is 115 Å². The van der Waals surface area contributed by atoms with Crippen LogP contribution in [0.3, 0.4) is 0 Å². The first-order valence-corrected chi connectivity index (χ1v) is 13.3. The van der Waals surface area contributed by atoms with E-state index < -0.39 is 23.7 Å². The van der Waals surface area contributed by atoms with Crippen LogP contribution in [0.1, 0.15) is 90.5 Å². The quantitative estimate of drug-likeness (QED) is 0.548. The average Bonchev–Trinajstić information content (AvgIpc) is 2.84. The van der Waals surface area contributed by atoms with Gasteiger partial charge in [-0.15, -0.1) is 0 Å². The Balaban J connectivity index is 0.000000279. The van der Waals surface area contributed by atoms with E-state index in [-0.39, 0.29) is 13.2 Å². The highest BCUT2D eigenvalue weighted by molar-refractivity contribution is 5.80. The van der Waals surface area contributed by atoms with Crippen molar-refractivity contribution in [3.63, 3.8) is 0 Å². The van der Waals surface area contributed by atoms with Crippen LogP contribution in [0.5, 0.6) is 0 Å². The van der Waals surface area contributed by atoms with Gasteiger partial charge in [-0.2, -0.15) is 0 Å². The second-order valence-electron chi connectivity index (χ2n) is 10.9. The van der Waals surface area contributed by atoms with Crippen molar-refractivity contribution >= 4 is 12.1 Å². The molecule has 2 fully saturated rings. The maximum absolute atomic E-state index is 12.0. The van der Waals surface area contributed by atoms with E-state index in [2.05, 4.69) is 5.32 Å². The number of nitrogens with zero attached hydrogens (tertiary/aromatic N) is 1. The largest absolute Gasteiger partial charge is 0.480 e. The number of nitrogens with two attached hydrogens (primary N) is 1. The minimum absolute atomic E-state index is 0.0937. The maximum atomic E-state index is 12.0. The van der Waals surface area contributed by atoms with Crippen molar-refractivity contribution in [3.05, 3.63) is 35.9 Å². The lowest BCUT2D eigenvalue weighted by Gasteiger charge is -2.27. The SMILES string of the molecule is C1CCC([NH2+]C2CCCCC2)CC1.CN(C(=O)OCc1ccccc1)C(COC(C)(C)C)C(=O)O. The third kappa shape index (κ3) is 11.9. The van der Waals surface area contributed by atoms with Gasteiger partial charge in [0.25, 0.3) is 0 Å². The van der Waals surface area contributed by atoms with Crippen LogP contribution < -0.4 is 5.32 Å². The zero-order valence-corrected chi connectivity index (χ0v) is 22.2. The molecule has 198 valence electrons. The van der Waals surface area contributed by atoms with E-state index in [1.165, 1.54) is 71.3 Å². The van der Waals surface area contributed by atoms with Crippen molar-refractivity contribution in [2.24, 2.45) is 0 Å². The molecule has 0 spiro atoms. The normalized spacial score (nSPS) is 18.2. The summed E-state index contributed by atoms with van der Waals surface area (Å²) in [5.74, 6) is -1.14. The second-order valence-corrected chi connectivity index (χ2v) is 10.9. The molecule has 3 rings (SSSR count). The van der Waals surface area contributed by atoms with Gasteiger partial charge in [0.2, 0.25) is 0 Å². The van der Waals surface area contributed by atoms with Gasteiger partial charge in [-0.3, -0.25) is 4.90 Å². The van der Waals surface area contributed by atoms with Gasteiger partial charge in [0.1, 0.15) is 6.61 Å². The van der Waals surface area contributed by atoms with Gasteiger partial charge >= 0.3 is 12.1 Å². The summed E-state index contributed by atoms with van der Waals surface area (Å²) in [5, 5.41) is 12.0. The van der Waals surface area contributed by atoms with E-state index >= 15 is 0 Å². The van der Waals surface area contributed by atoms with Crippen LogP contribution in [-0.4, -0.2) is 59.5 Å². The number of rotatable bonds is 8. The van der Waals surface area contributed by atoms with Gasteiger partial charge in [0.05, 0.1) is 24.3 Å². The molecule has 1 amide bonds. The average molecular weight is 492 g/mol. The summed E-state index contributed by atoms with van der Waals surface area (Å²) in [4.78, 5) is 24.3. The predicted octanol–water partition coefficient (Wildman–Crippen LogP) is 4.74. The Morgan fingerprint density at radius 3 is 1.94 bits per heavy atom. The number of likely N-dealkylation sites (N-methyl/N-ethyl adjacent to an activating group) is 1. The van der Waals surface area contributed by atoms with Gasteiger partial charge in [0.15, 0.2) is 6.04 Å². The molecule has 0 radical (unpaired) electrons. The minimum atomic E-state index is -1.14. The molecule has 0 heterocycles. The van der Waals surface area contributed by atoms with Gasteiger partial charge in [-0.1, -0.05) is 43.2 Å². The molecule has 1 unspecified atom stereocenters. The number of amides is 1. The number of quaternary nitrogens is 1. The summed E-state index contributed by atoms with van der Waals surface area (Å²) in [6.07, 6.45) is 14.3. The van der Waals surface area contributed by atoms with E-state index in [1.54, 1.807) is 0 Å². The van der Waals surface area contributed by atoms with E-state index in [4.69, 9.17) is 9.47 Å². The molecule has 0 aliphatic heterocycles. The fraction of sp³-hybridized carbons (Fsp3) is 0.714. The monoisotopic (exact) mass is 491 g/mol. The van der Waals surface area contributed by atoms with Crippen LogP contribution in [0.4, 0.5) is 4.79 Å². The lowest BCUT2D eigenvalue weighted by Crippen LogP contribution is -2.95. The Morgan fingerprint density at radius 1 is 0.971 bits per heavy atom. The van der Waals surface area contributed by atoms with Crippen molar-refractivity contribution in [3.8, 4) is 0 Å². The van der Waals surface area contributed by atoms with Gasteiger partial charge < -0.3 is 19.9 Å². The first-order valence-electron chi connectivity index (χ1n) is 13.3. The second kappa shape index (κ2) is 15.1. The van der Waals surface area contributed by atoms with Crippen LogP contribution in [0.15, 0.2) is 30.3 Å². The fourth-order valence-corrected chi connectivity index (χ4v) is 4.66. The van der Waals surface area contributed by atoms with Crippen LogP contribution in [0, 0.1) is 0 Å². The Kier molecular flexibility index (Phi) is 12.6. The highest BCUT2D eigenvalue weighted by Gasteiger charge is 2.29. The van der Waals surface area contributed by atoms with Crippen molar-refractivity contribution < 1.29 is 29.5 Å². The third-order valence-electron chi connectivity index (χ3n) is 6.76. The Bertz CT molecular complexity index is 721. The third-order valence-corrected chi connectivity index (χ3v) is 6.76. The van der Waals surface area contributed by atoms with Crippen LogP contribution in [-0.2, 0) is 20.9 Å². The fourth-order valence-electron chi connectivity index (χ4n) is 4.66. The number of carboxylic acids is 1. The summed E-state index contributed by atoms with van der Waals surface area (Å²) in [7, 11) is 1.39. The summed E-state index contributed by atoms with van der Waals surface area (Å²) in [6, 6.07) is 10.1. The number of carbonyl (C=O) groups is 2. The van der Waals surface area contributed by atoms with Crippen molar-refractivity contribution in [2.75, 3.05) is 13.7 Å². The predicted molar refractivity (Wildman–Crippen MR) is 137 cm³/mol. The van der Waals surface area contributed by atoms with E-state index in [1.807, 2.05) is 51.1 Å². The highest BCUT2D eigenvalue weighted by Crippen LogP contribution is 2.18. The molecule has 0 aromatic heterocycles. The maximum Gasteiger partial charge on any atom is 0.410 e. The molecular weight excluding hydrogens is 444 g/mol. The molecule has 0 saturated heterocycles. The number of carboxylic acid groups (broad SMARTS) is 1. The molecule has 2 saturated carbocycles. The van der Waals surface area contributed by atoms with Crippen molar-refractivity contribution in [1.29, 1.82) is 0 Å². The molecule has 2 aliphatic rings. The topological polar surface area (TPSA) is 92.7 Å². The Morgan fingerprint density at radius 2 is 1.49 bits per heavy atom. The smallest absolute Gasteiger partial charge is 0.410 e. The number of ether oxygens (including phenoxy) is 2. The van der Waals surface area contributed by atoms with Crippen LogP contribution in [0.25, 0.3) is 0 Å². The van der Waals surface area contributed by atoms with Crippen LogP contribution in [0.2, 0.25) is 0 Å². The molecule has 1 aromatic rings. The number of hydrogen-bond acceptors (Lipinski definition) is 4. The molecule has 3 N–H and O–H groups in total. The van der Waals surface area contributed by atoms with E-state index in [9.17, 15) is 14.7 Å². The Hall–Kier alpha value is -2.12. The van der Waals surface area contributed by atoms with Crippen molar-refractivity contribution in [1.82, 2.24) is 4.90 Å². The summed E-state index contributed by atoms with van der Waals surface area (Å²) < 4.78 is 10.6. The zero-order valence-electron chi connectivity index (χ0n) is 22.2. The molecule has 1 aromatic carbocycles. The number of benzene rings is 1. The Labute approximate surface area is 211 Å². The standard InChI is InChI=1S/C16H23NO5.C12H23N/c1-16(2,3)22-11-13(14(18)19)17(4)15(20)21-10-12-8-6-5-7-9-12;1-3-7-11(8-4-1)13-12-9-5-2-6-10-12/h5-9,13H,10-11H2,1-4H3,(H,18,19);11-13H,1-10H2/p+1. The molecule has 1 atom stereocenters. The number of hydrogen-bond donors (Lipinski definition) is 2. The first kappa shape index (κ1) is 29.1. The summed E-state index contributed by atoms with van der Waals surface area (Å²) >= 11 is 0. The highest BCUT2D eigenvalue weighted by atomic mass is 16.6. The molecule has 7 heteroatoms. The van der Waals surface area contributed by atoms with Gasteiger partial charge in [0, 0.05) is 7.05 Å². The molecular formula is C28H47N2O5+. The first-order chi connectivity index (χ1) is 16.7. The lowest BCUT2D eigenvalue weighted by molar-refractivity contribution is -0.725.